The van der Waals surface area contributed by atoms with E-state index in [4.69, 9.17) is 0 Å². The number of allylic oxidation sites excluding steroid dienone is 2. The second kappa shape index (κ2) is 2.80. The molecular formula is C15H22O. The molecule has 16 heavy (non-hydrogen) atoms. The van der Waals surface area contributed by atoms with Crippen LogP contribution in [-0.2, 0) is 4.79 Å². The van der Waals surface area contributed by atoms with Crippen LogP contribution in [0.2, 0.25) is 0 Å². The molecule has 1 heteroatoms. The lowest BCUT2D eigenvalue weighted by atomic mass is 9.42. The molecule has 0 amide bonds. The fourth-order valence-corrected chi connectivity index (χ4v) is 4.40. The van der Waals surface area contributed by atoms with Gasteiger partial charge >= 0.3 is 0 Å². The summed E-state index contributed by atoms with van der Waals surface area (Å²) in [5.41, 5.74) is 0.819. The predicted octanol–water partition coefficient (Wildman–Crippen LogP) is 3.74. The second-order valence-electron chi connectivity index (χ2n) is 7.13. The van der Waals surface area contributed by atoms with Crippen molar-refractivity contribution in [2.75, 3.05) is 0 Å². The Morgan fingerprint density at radius 2 is 1.88 bits per heavy atom. The zero-order chi connectivity index (χ0) is 11.6. The van der Waals surface area contributed by atoms with Gasteiger partial charge in [-0.15, -0.1) is 0 Å². The van der Waals surface area contributed by atoms with Gasteiger partial charge in [0.25, 0.3) is 0 Å². The van der Waals surface area contributed by atoms with E-state index in [2.05, 4.69) is 32.9 Å². The Labute approximate surface area is 98.3 Å². The standard InChI is InChI=1S/C15H22O/c1-13(2)5-4-12(16)11-10-14(3)6-8-15(11,13)9-7-14/h6,8,11H,4-5,7,9-10H2,1-3H3. The van der Waals surface area contributed by atoms with E-state index >= 15 is 0 Å². The lowest BCUT2D eigenvalue weighted by molar-refractivity contribution is -0.145. The first-order chi connectivity index (χ1) is 7.39. The van der Waals surface area contributed by atoms with E-state index < -0.39 is 0 Å². The number of Topliss-reactive ketones (excluding diaryl/α,β-unsaturated/α-hetero) is 1. The van der Waals surface area contributed by atoms with Crippen molar-refractivity contribution < 1.29 is 4.79 Å². The van der Waals surface area contributed by atoms with Crippen molar-refractivity contribution in [3.8, 4) is 0 Å². The molecule has 4 aliphatic rings. The van der Waals surface area contributed by atoms with Crippen LogP contribution in [0.5, 0.6) is 0 Å². The molecule has 1 nitrogen and oxygen atoms in total. The Kier molecular flexibility index (Phi) is 1.85. The van der Waals surface area contributed by atoms with Gasteiger partial charge < -0.3 is 0 Å². The molecule has 0 radical (unpaired) electrons. The predicted molar refractivity (Wildman–Crippen MR) is 65.0 cm³/mol. The molecule has 2 fully saturated rings. The molecule has 2 bridgehead atoms. The van der Waals surface area contributed by atoms with Crippen LogP contribution in [-0.4, -0.2) is 5.78 Å². The molecule has 0 aliphatic heterocycles. The minimum Gasteiger partial charge on any atom is -0.299 e. The average molecular weight is 218 g/mol. The van der Waals surface area contributed by atoms with Gasteiger partial charge in [-0.1, -0.05) is 32.9 Å². The third kappa shape index (κ3) is 1.10. The van der Waals surface area contributed by atoms with Crippen molar-refractivity contribution in [1.82, 2.24) is 0 Å². The van der Waals surface area contributed by atoms with Crippen molar-refractivity contribution in [1.29, 1.82) is 0 Å². The second-order valence-corrected chi connectivity index (χ2v) is 7.13. The first kappa shape index (κ1) is 10.6. The maximum absolute atomic E-state index is 12.2. The number of rotatable bonds is 0. The third-order valence-electron chi connectivity index (χ3n) is 5.83. The van der Waals surface area contributed by atoms with E-state index in [9.17, 15) is 4.79 Å². The SMILES string of the molecule is CC12C=CC3(CC1)C(C2)C(=O)CCC3(C)C. The first-order valence-electron chi connectivity index (χ1n) is 6.62. The van der Waals surface area contributed by atoms with Gasteiger partial charge in [0, 0.05) is 17.8 Å². The molecule has 4 aliphatic carbocycles. The Hall–Kier alpha value is -0.590. The molecule has 0 aromatic heterocycles. The molecule has 0 heterocycles. The van der Waals surface area contributed by atoms with Gasteiger partial charge in [0.2, 0.25) is 0 Å². The lowest BCUT2D eigenvalue weighted by Crippen LogP contribution is -2.56. The van der Waals surface area contributed by atoms with Crippen molar-refractivity contribution in [2.45, 2.75) is 52.9 Å². The number of hydrogen-bond donors (Lipinski definition) is 0. The minimum absolute atomic E-state index is 0.195. The minimum atomic E-state index is 0.195. The molecule has 88 valence electrons. The average Bonchev–Trinajstić information content (AvgIpc) is 2.24. The highest BCUT2D eigenvalue weighted by molar-refractivity contribution is 5.84. The van der Waals surface area contributed by atoms with Crippen molar-refractivity contribution in [3.63, 3.8) is 0 Å². The highest BCUT2D eigenvalue weighted by Gasteiger charge is 2.59. The topological polar surface area (TPSA) is 17.1 Å². The molecule has 0 aromatic rings. The van der Waals surface area contributed by atoms with E-state index in [1.807, 2.05) is 0 Å². The van der Waals surface area contributed by atoms with Gasteiger partial charge in [0.05, 0.1) is 0 Å². The molecule has 1 spiro atoms. The quantitative estimate of drug-likeness (QED) is 0.566. The molecule has 3 unspecified atom stereocenters. The summed E-state index contributed by atoms with van der Waals surface area (Å²) < 4.78 is 0. The summed E-state index contributed by atoms with van der Waals surface area (Å²) in [5, 5.41) is 0. The van der Waals surface area contributed by atoms with Crippen LogP contribution in [0.15, 0.2) is 12.2 Å². The van der Waals surface area contributed by atoms with Gasteiger partial charge in [-0.2, -0.15) is 0 Å². The molecule has 4 rings (SSSR count). The number of fused-ring (bicyclic) bond motifs is 1. The summed E-state index contributed by atoms with van der Waals surface area (Å²) in [6, 6.07) is 0. The fraction of sp³-hybridized carbons (Fsp3) is 0.800. The van der Waals surface area contributed by atoms with Gasteiger partial charge in [-0.25, -0.2) is 0 Å². The monoisotopic (exact) mass is 218 g/mol. The maximum Gasteiger partial charge on any atom is 0.136 e. The van der Waals surface area contributed by atoms with Crippen LogP contribution >= 0.6 is 0 Å². The molecule has 3 atom stereocenters. The zero-order valence-corrected chi connectivity index (χ0v) is 10.7. The van der Waals surface area contributed by atoms with E-state index in [-0.39, 0.29) is 5.41 Å². The smallest absolute Gasteiger partial charge is 0.136 e. The van der Waals surface area contributed by atoms with E-state index in [0.29, 0.717) is 22.5 Å². The van der Waals surface area contributed by atoms with Crippen LogP contribution < -0.4 is 0 Å². The van der Waals surface area contributed by atoms with Crippen molar-refractivity contribution >= 4 is 5.78 Å². The lowest BCUT2D eigenvalue weighted by Gasteiger charge is -2.61. The van der Waals surface area contributed by atoms with Gasteiger partial charge in [0.15, 0.2) is 0 Å². The van der Waals surface area contributed by atoms with Gasteiger partial charge in [-0.05, 0) is 36.5 Å². The van der Waals surface area contributed by atoms with Crippen LogP contribution in [0.4, 0.5) is 0 Å². The largest absolute Gasteiger partial charge is 0.299 e. The van der Waals surface area contributed by atoms with E-state index in [1.165, 1.54) is 12.8 Å². The zero-order valence-electron chi connectivity index (χ0n) is 10.7. The summed E-state index contributed by atoms with van der Waals surface area (Å²) in [6.07, 6.45) is 10.3. The summed E-state index contributed by atoms with van der Waals surface area (Å²) >= 11 is 0. The summed E-state index contributed by atoms with van der Waals surface area (Å²) in [4.78, 5) is 12.2. The summed E-state index contributed by atoms with van der Waals surface area (Å²) in [6.45, 7) is 7.05. The Balaban J connectivity index is 2.13. The van der Waals surface area contributed by atoms with Crippen LogP contribution in [0.25, 0.3) is 0 Å². The molecular weight excluding hydrogens is 196 g/mol. The Bertz CT molecular complexity index is 379. The summed E-state index contributed by atoms with van der Waals surface area (Å²) in [7, 11) is 0. The Morgan fingerprint density at radius 3 is 2.50 bits per heavy atom. The number of carbonyl (C=O) groups is 1. The van der Waals surface area contributed by atoms with Crippen LogP contribution in [0.3, 0.4) is 0 Å². The molecule has 2 saturated carbocycles. The highest BCUT2D eigenvalue weighted by atomic mass is 16.1. The Morgan fingerprint density at radius 1 is 1.12 bits per heavy atom. The summed E-state index contributed by atoms with van der Waals surface area (Å²) in [5.74, 6) is 0.856. The van der Waals surface area contributed by atoms with E-state index in [0.717, 1.165) is 19.3 Å². The van der Waals surface area contributed by atoms with Gasteiger partial charge in [0.1, 0.15) is 5.78 Å². The fourth-order valence-electron chi connectivity index (χ4n) is 4.40. The molecule has 0 N–H and O–H groups in total. The normalized spacial score (nSPS) is 49.2. The molecule has 0 saturated heterocycles. The van der Waals surface area contributed by atoms with Crippen LogP contribution in [0.1, 0.15) is 52.9 Å². The van der Waals surface area contributed by atoms with E-state index in [1.54, 1.807) is 0 Å². The maximum atomic E-state index is 12.2. The van der Waals surface area contributed by atoms with Crippen molar-refractivity contribution in [2.24, 2.45) is 22.2 Å². The molecule has 0 aromatic carbocycles. The first-order valence-corrected chi connectivity index (χ1v) is 6.62. The highest BCUT2D eigenvalue weighted by Crippen LogP contribution is 2.65. The van der Waals surface area contributed by atoms with Crippen LogP contribution in [0, 0.1) is 22.2 Å². The number of carbonyl (C=O) groups excluding carboxylic acids is 1. The van der Waals surface area contributed by atoms with Crippen molar-refractivity contribution in [3.05, 3.63) is 12.2 Å². The number of ketones is 1. The number of hydrogen-bond acceptors (Lipinski definition) is 1. The third-order valence-corrected chi connectivity index (χ3v) is 5.83. The van der Waals surface area contributed by atoms with Gasteiger partial charge in [-0.3, -0.25) is 4.79 Å².